The Labute approximate surface area is 164 Å². The molecular weight excluding hydrogens is 330 g/mol. The highest BCUT2D eigenvalue weighted by atomic mass is 15.4. The lowest BCUT2D eigenvalue weighted by atomic mass is 9.93. The summed E-state index contributed by atoms with van der Waals surface area (Å²) < 4.78 is 2.38. The van der Waals surface area contributed by atoms with Crippen molar-refractivity contribution in [1.29, 1.82) is 0 Å². The predicted octanol–water partition coefficient (Wildman–Crippen LogP) is 6.13. The van der Waals surface area contributed by atoms with Crippen LogP contribution in [0.4, 0.5) is 5.69 Å². The molecule has 3 nitrogen and oxygen atoms in total. The van der Waals surface area contributed by atoms with Crippen LogP contribution in [0.3, 0.4) is 0 Å². The molecule has 1 aromatic heterocycles. The van der Waals surface area contributed by atoms with Crippen molar-refractivity contribution in [2.75, 3.05) is 4.90 Å². The average Bonchev–Trinajstić information content (AvgIpc) is 3.19. The Morgan fingerprint density at radius 3 is 2.22 bits per heavy atom. The highest BCUT2D eigenvalue weighted by Gasteiger charge is 2.42. The van der Waals surface area contributed by atoms with Crippen molar-refractivity contribution in [3.05, 3.63) is 65.2 Å². The summed E-state index contributed by atoms with van der Waals surface area (Å²) in [5, 5.41) is 0. The minimum Gasteiger partial charge on any atom is -0.349 e. The fourth-order valence-electron chi connectivity index (χ4n) is 5.09. The van der Waals surface area contributed by atoms with E-state index in [0.717, 1.165) is 6.42 Å². The van der Waals surface area contributed by atoms with E-state index < -0.39 is 0 Å². The lowest BCUT2D eigenvalue weighted by Crippen LogP contribution is -2.41. The Balaban J connectivity index is 1.85. The van der Waals surface area contributed by atoms with Crippen LogP contribution >= 0.6 is 0 Å². The number of hydrogen-bond acceptors (Lipinski definition) is 2. The maximum absolute atomic E-state index is 2.75. The number of para-hydroxylation sites is 1. The fraction of sp³-hybridized carbons (Fsp3) is 0.500. The van der Waals surface area contributed by atoms with Crippen molar-refractivity contribution in [3.63, 3.8) is 0 Å². The van der Waals surface area contributed by atoms with E-state index in [0.29, 0.717) is 6.04 Å². The lowest BCUT2D eigenvalue weighted by molar-refractivity contribution is 0.159. The number of benzene rings is 1. The first-order valence-corrected chi connectivity index (χ1v) is 10.6. The van der Waals surface area contributed by atoms with E-state index in [9.17, 15) is 0 Å². The van der Waals surface area contributed by atoms with Gasteiger partial charge in [0.05, 0.1) is 5.69 Å². The molecule has 0 radical (unpaired) electrons. The van der Waals surface area contributed by atoms with E-state index in [1.165, 1.54) is 60.6 Å². The van der Waals surface area contributed by atoms with Crippen molar-refractivity contribution >= 4 is 5.69 Å². The molecule has 1 aliphatic heterocycles. The van der Waals surface area contributed by atoms with Gasteiger partial charge in [0.25, 0.3) is 0 Å². The molecular formula is C24H33N3. The van der Waals surface area contributed by atoms with E-state index in [1.807, 2.05) is 0 Å². The van der Waals surface area contributed by atoms with Gasteiger partial charge in [-0.3, -0.25) is 0 Å². The van der Waals surface area contributed by atoms with Crippen molar-refractivity contribution in [2.24, 2.45) is 7.05 Å². The molecule has 2 aliphatic rings. The summed E-state index contributed by atoms with van der Waals surface area (Å²) in [6.45, 7) is 6.85. The van der Waals surface area contributed by atoms with Gasteiger partial charge in [0.2, 0.25) is 0 Å². The molecule has 0 bridgehead atoms. The third-order valence-corrected chi connectivity index (χ3v) is 6.62. The SMILES string of the molecule is CCC1=C(C)N(C2CCCCC2)C(c2ccc(C)n2C)N1c1ccccc1. The second kappa shape index (κ2) is 7.46. The van der Waals surface area contributed by atoms with Crippen molar-refractivity contribution in [1.82, 2.24) is 9.47 Å². The molecule has 1 aromatic carbocycles. The topological polar surface area (TPSA) is 11.4 Å². The monoisotopic (exact) mass is 363 g/mol. The van der Waals surface area contributed by atoms with Gasteiger partial charge in [-0.1, -0.05) is 44.4 Å². The van der Waals surface area contributed by atoms with Crippen LogP contribution < -0.4 is 4.90 Å². The third-order valence-electron chi connectivity index (χ3n) is 6.62. The number of nitrogens with zero attached hydrogens (tertiary/aromatic N) is 3. The Morgan fingerprint density at radius 1 is 0.926 bits per heavy atom. The number of aryl methyl sites for hydroxylation is 1. The van der Waals surface area contributed by atoms with Crippen molar-refractivity contribution < 1.29 is 0 Å². The molecule has 1 saturated carbocycles. The fourth-order valence-corrected chi connectivity index (χ4v) is 5.09. The number of allylic oxidation sites excluding steroid dienone is 2. The molecule has 2 aromatic rings. The predicted molar refractivity (Wildman–Crippen MR) is 114 cm³/mol. The van der Waals surface area contributed by atoms with Gasteiger partial charge in [0.1, 0.15) is 6.17 Å². The van der Waals surface area contributed by atoms with Crippen molar-refractivity contribution in [3.8, 4) is 0 Å². The molecule has 3 heteroatoms. The molecule has 0 saturated heterocycles. The second-order valence-corrected chi connectivity index (χ2v) is 8.12. The van der Waals surface area contributed by atoms with Gasteiger partial charge in [0, 0.05) is 35.9 Å². The average molecular weight is 364 g/mol. The van der Waals surface area contributed by atoms with Crippen LogP contribution in [0, 0.1) is 6.92 Å². The van der Waals surface area contributed by atoms with Crippen LogP contribution in [-0.2, 0) is 7.05 Å². The molecule has 1 unspecified atom stereocenters. The minimum absolute atomic E-state index is 0.254. The lowest BCUT2D eigenvalue weighted by Gasteiger charge is -2.41. The molecule has 0 N–H and O–H groups in total. The van der Waals surface area contributed by atoms with Crippen LogP contribution in [0.2, 0.25) is 0 Å². The van der Waals surface area contributed by atoms with Gasteiger partial charge in [-0.05, 0) is 57.4 Å². The summed E-state index contributed by atoms with van der Waals surface area (Å²) in [5.74, 6) is 0. The Hall–Kier alpha value is -2.16. The second-order valence-electron chi connectivity index (χ2n) is 8.12. The summed E-state index contributed by atoms with van der Waals surface area (Å²) in [5.41, 5.74) is 6.96. The standard InChI is InChI=1S/C24H33N3/c1-5-22-19(3)26(20-12-8-6-9-13-20)24(23-17-16-18(2)25(23)4)27(22)21-14-10-7-11-15-21/h7,10-11,14-17,20,24H,5-6,8-9,12-13H2,1-4H3. The van der Waals surface area contributed by atoms with Gasteiger partial charge in [-0.2, -0.15) is 0 Å². The number of anilines is 1. The first kappa shape index (κ1) is 18.2. The first-order chi connectivity index (χ1) is 13.1. The summed E-state index contributed by atoms with van der Waals surface area (Å²) in [6.07, 6.45) is 8.06. The largest absolute Gasteiger partial charge is 0.349 e. The maximum Gasteiger partial charge on any atom is 0.148 e. The zero-order valence-corrected chi connectivity index (χ0v) is 17.3. The number of hydrogen-bond donors (Lipinski definition) is 0. The van der Waals surface area contributed by atoms with Gasteiger partial charge < -0.3 is 14.4 Å². The van der Waals surface area contributed by atoms with E-state index in [1.54, 1.807) is 0 Å². The van der Waals surface area contributed by atoms with Gasteiger partial charge >= 0.3 is 0 Å². The highest BCUT2D eigenvalue weighted by Crippen LogP contribution is 2.46. The number of aromatic nitrogens is 1. The van der Waals surface area contributed by atoms with Crippen LogP contribution in [0.15, 0.2) is 53.9 Å². The summed E-state index contributed by atoms with van der Waals surface area (Å²) in [6, 6.07) is 16.2. The number of rotatable bonds is 4. The van der Waals surface area contributed by atoms with E-state index >= 15 is 0 Å². The molecule has 1 atom stereocenters. The van der Waals surface area contributed by atoms with Crippen LogP contribution in [0.5, 0.6) is 0 Å². The van der Waals surface area contributed by atoms with E-state index in [2.05, 4.69) is 84.7 Å². The van der Waals surface area contributed by atoms with Gasteiger partial charge in [-0.15, -0.1) is 0 Å². The van der Waals surface area contributed by atoms with E-state index in [-0.39, 0.29) is 6.17 Å². The Kier molecular flexibility index (Phi) is 5.03. The molecule has 2 heterocycles. The molecule has 0 amide bonds. The maximum atomic E-state index is 2.75. The van der Waals surface area contributed by atoms with E-state index in [4.69, 9.17) is 0 Å². The molecule has 4 rings (SSSR count). The minimum atomic E-state index is 0.254. The van der Waals surface area contributed by atoms with Gasteiger partial charge in [-0.25, -0.2) is 0 Å². The summed E-state index contributed by atoms with van der Waals surface area (Å²) >= 11 is 0. The first-order valence-electron chi connectivity index (χ1n) is 10.6. The Bertz CT molecular complexity index is 811. The normalized spacial score (nSPS) is 21.4. The van der Waals surface area contributed by atoms with Gasteiger partial charge in [0.15, 0.2) is 0 Å². The quantitative estimate of drug-likeness (QED) is 0.647. The molecule has 27 heavy (non-hydrogen) atoms. The van der Waals surface area contributed by atoms with Crippen LogP contribution in [0.1, 0.15) is 69.9 Å². The summed E-state index contributed by atoms with van der Waals surface area (Å²) in [4.78, 5) is 5.35. The summed E-state index contributed by atoms with van der Waals surface area (Å²) in [7, 11) is 2.21. The zero-order valence-electron chi connectivity index (χ0n) is 17.3. The van der Waals surface area contributed by atoms with Crippen LogP contribution in [0.25, 0.3) is 0 Å². The highest BCUT2D eigenvalue weighted by molar-refractivity contribution is 5.57. The third kappa shape index (κ3) is 3.07. The molecule has 1 fully saturated rings. The molecule has 0 spiro atoms. The Morgan fingerprint density at radius 2 is 1.63 bits per heavy atom. The smallest absolute Gasteiger partial charge is 0.148 e. The van der Waals surface area contributed by atoms with Crippen molar-refractivity contribution in [2.45, 2.75) is 71.5 Å². The van der Waals surface area contributed by atoms with Crippen LogP contribution in [-0.4, -0.2) is 15.5 Å². The molecule has 144 valence electrons. The molecule has 1 aliphatic carbocycles. The zero-order chi connectivity index (χ0) is 19.0.